The van der Waals surface area contributed by atoms with Gasteiger partial charge in [0, 0.05) is 7.05 Å². The van der Waals surface area contributed by atoms with Gasteiger partial charge in [-0.15, -0.1) is 0 Å². The van der Waals surface area contributed by atoms with Crippen LogP contribution in [-0.2, 0) is 9.59 Å². The summed E-state index contributed by atoms with van der Waals surface area (Å²) >= 11 is 0. The van der Waals surface area contributed by atoms with Gasteiger partial charge in [-0.3, -0.25) is 10.1 Å². The van der Waals surface area contributed by atoms with Crippen molar-refractivity contribution in [2.45, 2.75) is 46.1 Å². The first-order valence-electron chi connectivity index (χ1n) is 5.61. The average Bonchev–Trinajstić information content (AvgIpc) is 2.44. The Morgan fingerprint density at radius 3 is 1.79 bits per heavy atom. The van der Waals surface area contributed by atoms with Crippen LogP contribution in [0.5, 0.6) is 0 Å². The van der Waals surface area contributed by atoms with Crippen molar-refractivity contribution in [2.24, 2.45) is 5.41 Å². The van der Waals surface area contributed by atoms with Crippen LogP contribution in [0.25, 0.3) is 0 Å². The molecule has 1 saturated heterocycles. The molecule has 5 nitrogen and oxygen atoms in total. The third-order valence-corrected chi connectivity index (χ3v) is 2.58. The van der Waals surface area contributed by atoms with Crippen molar-refractivity contribution in [3.63, 3.8) is 0 Å². The predicted molar refractivity (Wildman–Crippen MR) is 62.3 cm³/mol. The Balaban J connectivity index is 0.000000399. The van der Waals surface area contributed by atoms with Gasteiger partial charge in [0.15, 0.2) is 0 Å². The first-order chi connectivity index (χ1) is 8.28. The molecule has 1 aliphatic rings. The molecule has 1 heterocycles. The normalized spacial score (nSPS) is 24.0. The fraction of sp³-hybridized carbons (Fsp3) is 0.818. The van der Waals surface area contributed by atoms with E-state index < -0.39 is 12.1 Å². The van der Waals surface area contributed by atoms with Crippen LogP contribution in [0.2, 0.25) is 0 Å². The van der Waals surface area contributed by atoms with E-state index >= 15 is 0 Å². The van der Waals surface area contributed by atoms with Crippen molar-refractivity contribution in [2.75, 3.05) is 7.05 Å². The zero-order valence-electron chi connectivity index (χ0n) is 11.5. The van der Waals surface area contributed by atoms with Gasteiger partial charge in [-0.2, -0.15) is 13.2 Å². The standard InChI is InChI=1S/C9H18N2O.C2HF3O2/c1-6-7(12)11(5)8(10-6)9(2,3)4;3-2(4,5)1(6)7/h6,8,10H,1-5H3;(H,6,7)/t6-,8-;/m1./s1. The van der Waals surface area contributed by atoms with E-state index in [4.69, 9.17) is 9.90 Å². The first-order valence-corrected chi connectivity index (χ1v) is 5.61. The van der Waals surface area contributed by atoms with E-state index in [0.717, 1.165) is 0 Å². The lowest BCUT2D eigenvalue weighted by atomic mass is 9.92. The minimum absolute atomic E-state index is 0.0285. The molecule has 0 aromatic heterocycles. The van der Waals surface area contributed by atoms with Crippen LogP contribution in [0.1, 0.15) is 27.7 Å². The molecule has 1 amide bonds. The Morgan fingerprint density at radius 2 is 1.68 bits per heavy atom. The molecule has 0 aromatic rings. The Hall–Kier alpha value is -1.31. The molecule has 19 heavy (non-hydrogen) atoms. The molecule has 2 N–H and O–H groups in total. The smallest absolute Gasteiger partial charge is 0.475 e. The number of likely N-dealkylation sites (N-methyl/N-ethyl adjacent to an activating group) is 1. The molecule has 1 aliphatic heterocycles. The molecular formula is C11H19F3N2O3. The van der Waals surface area contributed by atoms with Gasteiger partial charge in [0.2, 0.25) is 5.91 Å². The Labute approximate surface area is 109 Å². The molecule has 0 spiro atoms. The SMILES string of the molecule is C[C@H]1N[C@@H](C(C)(C)C)N(C)C1=O.O=C(O)C(F)(F)F. The van der Waals surface area contributed by atoms with Gasteiger partial charge >= 0.3 is 12.1 Å². The van der Waals surface area contributed by atoms with Crippen molar-refractivity contribution in [3.8, 4) is 0 Å². The lowest BCUT2D eigenvalue weighted by Crippen LogP contribution is -2.45. The molecule has 0 saturated carbocycles. The summed E-state index contributed by atoms with van der Waals surface area (Å²) in [6.07, 6.45) is -4.92. The third-order valence-electron chi connectivity index (χ3n) is 2.58. The molecule has 0 aromatic carbocycles. The van der Waals surface area contributed by atoms with E-state index in [1.54, 1.807) is 4.90 Å². The van der Waals surface area contributed by atoms with E-state index in [-0.39, 0.29) is 23.5 Å². The molecule has 1 rings (SSSR count). The van der Waals surface area contributed by atoms with Gasteiger partial charge in [0.1, 0.15) is 0 Å². The molecule has 0 bridgehead atoms. The van der Waals surface area contributed by atoms with Crippen molar-refractivity contribution >= 4 is 11.9 Å². The number of carboxylic acid groups (broad SMARTS) is 1. The van der Waals surface area contributed by atoms with E-state index in [2.05, 4.69) is 26.1 Å². The second-order valence-corrected chi connectivity index (χ2v) is 5.41. The summed E-state index contributed by atoms with van der Waals surface area (Å²) in [4.78, 5) is 22.1. The van der Waals surface area contributed by atoms with Crippen molar-refractivity contribution in [1.29, 1.82) is 0 Å². The van der Waals surface area contributed by atoms with Crippen molar-refractivity contribution in [3.05, 3.63) is 0 Å². The van der Waals surface area contributed by atoms with Gasteiger partial charge in [0.05, 0.1) is 12.2 Å². The predicted octanol–water partition coefficient (Wildman–Crippen LogP) is 1.44. The summed E-state index contributed by atoms with van der Waals surface area (Å²) in [5.74, 6) is -2.57. The van der Waals surface area contributed by atoms with Crippen LogP contribution < -0.4 is 5.32 Å². The monoisotopic (exact) mass is 284 g/mol. The number of alkyl halides is 3. The van der Waals surface area contributed by atoms with Crippen LogP contribution in [0, 0.1) is 5.41 Å². The summed E-state index contributed by atoms with van der Waals surface area (Å²) in [7, 11) is 1.86. The van der Waals surface area contributed by atoms with E-state index in [0.29, 0.717) is 0 Å². The quantitative estimate of drug-likeness (QED) is 0.706. The Morgan fingerprint density at radius 1 is 1.32 bits per heavy atom. The van der Waals surface area contributed by atoms with Crippen molar-refractivity contribution < 1.29 is 27.9 Å². The maximum absolute atomic E-state index is 11.4. The van der Waals surface area contributed by atoms with Crippen LogP contribution in [0.3, 0.4) is 0 Å². The fourth-order valence-corrected chi connectivity index (χ4v) is 1.68. The number of hydrogen-bond donors (Lipinski definition) is 2. The molecule has 112 valence electrons. The summed E-state index contributed by atoms with van der Waals surface area (Å²) < 4.78 is 31.7. The number of carbonyl (C=O) groups excluding carboxylic acids is 1. The number of nitrogens with one attached hydrogen (secondary N) is 1. The highest BCUT2D eigenvalue weighted by Gasteiger charge is 2.40. The summed E-state index contributed by atoms with van der Waals surface area (Å²) in [5, 5.41) is 10.4. The van der Waals surface area contributed by atoms with Gasteiger partial charge in [-0.25, -0.2) is 4.79 Å². The largest absolute Gasteiger partial charge is 0.490 e. The zero-order valence-corrected chi connectivity index (χ0v) is 11.5. The number of carbonyl (C=O) groups is 2. The van der Waals surface area contributed by atoms with Gasteiger partial charge in [-0.1, -0.05) is 20.8 Å². The Bertz CT molecular complexity index is 350. The van der Waals surface area contributed by atoms with Gasteiger partial charge < -0.3 is 10.0 Å². The first kappa shape index (κ1) is 17.7. The lowest BCUT2D eigenvalue weighted by molar-refractivity contribution is -0.192. The van der Waals surface area contributed by atoms with Crippen LogP contribution in [0.4, 0.5) is 13.2 Å². The highest BCUT2D eigenvalue weighted by atomic mass is 19.4. The number of rotatable bonds is 0. The zero-order chi connectivity index (χ0) is 15.6. The summed E-state index contributed by atoms with van der Waals surface area (Å²) in [6.45, 7) is 8.30. The number of nitrogens with zero attached hydrogens (tertiary/aromatic N) is 1. The minimum atomic E-state index is -5.08. The number of hydrogen-bond acceptors (Lipinski definition) is 3. The van der Waals surface area contributed by atoms with E-state index in [9.17, 15) is 18.0 Å². The molecule has 0 unspecified atom stereocenters. The molecule has 0 aliphatic carbocycles. The van der Waals surface area contributed by atoms with E-state index in [1.807, 2.05) is 14.0 Å². The molecule has 1 fully saturated rings. The van der Waals surface area contributed by atoms with Crippen LogP contribution in [-0.4, -0.2) is 47.3 Å². The van der Waals surface area contributed by atoms with Crippen LogP contribution in [0.15, 0.2) is 0 Å². The number of amides is 1. The third kappa shape index (κ3) is 5.06. The fourth-order valence-electron chi connectivity index (χ4n) is 1.68. The number of carboxylic acids is 1. The highest BCUT2D eigenvalue weighted by molar-refractivity contribution is 5.83. The summed E-state index contributed by atoms with van der Waals surface area (Å²) in [5.41, 5.74) is 0.106. The number of aliphatic carboxylic acids is 1. The second kappa shape index (κ2) is 5.77. The van der Waals surface area contributed by atoms with E-state index in [1.165, 1.54) is 0 Å². The maximum atomic E-state index is 11.4. The second-order valence-electron chi connectivity index (χ2n) is 5.41. The number of halogens is 3. The van der Waals surface area contributed by atoms with Crippen LogP contribution >= 0.6 is 0 Å². The molecule has 0 radical (unpaired) electrons. The molecule has 8 heteroatoms. The van der Waals surface area contributed by atoms with Gasteiger partial charge in [-0.05, 0) is 12.3 Å². The maximum Gasteiger partial charge on any atom is 0.490 e. The average molecular weight is 284 g/mol. The van der Waals surface area contributed by atoms with Crippen molar-refractivity contribution in [1.82, 2.24) is 10.2 Å². The molecular weight excluding hydrogens is 265 g/mol. The summed E-state index contributed by atoms with van der Waals surface area (Å²) in [6, 6.07) is -0.0285. The van der Waals surface area contributed by atoms with Gasteiger partial charge in [0.25, 0.3) is 0 Å². The molecule has 2 atom stereocenters. The topological polar surface area (TPSA) is 69.6 Å². The lowest BCUT2D eigenvalue weighted by Gasteiger charge is -2.32. The minimum Gasteiger partial charge on any atom is -0.475 e. The Kier molecular flexibility index (Phi) is 5.37. The highest BCUT2D eigenvalue weighted by Crippen LogP contribution is 2.25.